The first-order valence-electron chi connectivity index (χ1n) is 8.84. The van der Waals surface area contributed by atoms with Crippen molar-refractivity contribution in [3.05, 3.63) is 59.7 Å². The molecule has 152 valence electrons. The Hall–Kier alpha value is -3.49. The quantitative estimate of drug-likeness (QED) is 0.726. The molecule has 4 amide bonds. The van der Waals surface area contributed by atoms with Crippen LogP contribution in [0.15, 0.2) is 42.5 Å². The molecule has 3 rings (SSSR count). The van der Waals surface area contributed by atoms with E-state index in [1.54, 1.807) is 31.2 Å². The molecule has 29 heavy (non-hydrogen) atoms. The second-order valence-corrected chi connectivity index (χ2v) is 6.48. The first-order chi connectivity index (χ1) is 13.8. The van der Waals surface area contributed by atoms with Crippen LogP contribution in [0.5, 0.6) is 5.75 Å². The predicted molar refractivity (Wildman–Crippen MR) is 100 cm³/mol. The molecular weight excluding hydrogens is 384 g/mol. The minimum Gasteiger partial charge on any atom is -0.497 e. The second kappa shape index (κ2) is 7.86. The number of carbonyl (C=O) groups is 3. The SMILES string of the molecule is CC[C@]1(c2ccc(OC)cc2)NC(=O)N(CC(=O)Nc2ccc(F)cc2F)C1=O. The van der Waals surface area contributed by atoms with Gasteiger partial charge in [-0.15, -0.1) is 0 Å². The van der Waals surface area contributed by atoms with Crippen LogP contribution in [0, 0.1) is 11.6 Å². The molecule has 2 N–H and O–H groups in total. The van der Waals surface area contributed by atoms with Gasteiger partial charge >= 0.3 is 6.03 Å². The van der Waals surface area contributed by atoms with Gasteiger partial charge in [0.05, 0.1) is 12.8 Å². The number of carbonyl (C=O) groups excluding carboxylic acids is 3. The number of amides is 4. The molecule has 1 atom stereocenters. The van der Waals surface area contributed by atoms with Crippen LogP contribution in [0.4, 0.5) is 19.3 Å². The summed E-state index contributed by atoms with van der Waals surface area (Å²) >= 11 is 0. The van der Waals surface area contributed by atoms with Crippen molar-refractivity contribution in [3.8, 4) is 5.75 Å². The van der Waals surface area contributed by atoms with Gasteiger partial charge in [0.25, 0.3) is 5.91 Å². The van der Waals surface area contributed by atoms with E-state index < -0.39 is 41.6 Å². The fourth-order valence-electron chi connectivity index (χ4n) is 3.21. The Morgan fingerprint density at radius 1 is 1.17 bits per heavy atom. The van der Waals surface area contributed by atoms with Gasteiger partial charge in [-0.05, 0) is 36.2 Å². The van der Waals surface area contributed by atoms with Crippen LogP contribution in [0.1, 0.15) is 18.9 Å². The van der Waals surface area contributed by atoms with Crippen LogP contribution in [-0.4, -0.2) is 36.4 Å². The van der Waals surface area contributed by atoms with Crippen molar-refractivity contribution < 1.29 is 27.9 Å². The molecule has 9 heteroatoms. The lowest BCUT2D eigenvalue weighted by atomic mass is 9.87. The van der Waals surface area contributed by atoms with Gasteiger partial charge in [0, 0.05) is 6.07 Å². The predicted octanol–water partition coefficient (Wildman–Crippen LogP) is 2.77. The highest BCUT2D eigenvalue weighted by atomic mass is 19.1. The number of hydrogen-bond acceptors (Lipinski definition) is 4. The first kappa shape index (κ1) is 20.2. The van der Waals surface area contributed by atoms with Crippen molar-refractivity contribution in [1.82, 2.24) is 10.2 Å². The molecule has 0 aromatic heterocycles. The average molecular weight is 403 g/mol. The van der Waals surface area contributed by atoms with Crippen molar-refractivity contribution in [2.75, 3.05) is 19.0 Å². The van der Waals surface area contributed by atoms with Gasteiger partial charge in [-0.25, -0.2) is 13.6 Å². The lowest BCUT2D eigenvalue weighted by Crippen LogP contribution is -2.44. The molecule has 0 aliphatic carbocycles. The van der Waals surface area contributed by atoms with Crippen LogP contribution in [0.25, 0.3) is 0 Å². The van der Waals surface area contributed by atoms with Crippen molar-refractivity contribution in [2.24, 2.45) is 0 Å². The van der Waals surface area contributed by atoms with Crippen LogP contribution in [-0.2, 0) is 15.1 Å². The summed E-state index contributed by atoms with van der Waals surface area (Å²) in [4.78, 5) is 38.5. The van der Waals surface area contributed by atoms with E-state index in [0.717, 1.165) is 17.0 Å². The van der Waals surface area contributed by atoms with Crippen molar-refractivity contribution in [2.45, 2.75) is 18.9 Å². The van der Waals surface area contributed by atoms with Crippen LogP contribution in [0.3, 0.4) is 0 Å². The van der Waals surface area contributed by atoms with Crippen LogP contribution in [0.2, 0.25) is 0 Å². The topological polar surface area (TPSA) is 87.7 Å². The number of imide groups is 1. The molecule has 1 aliphatic heterocycles. The molecule has 0 unspecified atom stereocenters. The maximum Gasteiger partial charge on any atom is 0.325 e. The molecule has 1 heterocycles. The number of nitrogens with zero attached hydrogens (tertiary/aromatic N) is 1. The van der Waals surface area contributed by atoms with Gasteiger partial charge in [0.2, 0.25) is 5.91 Å². The molecule has 0 bridgehead atoms. The number of hydrogen-bond donors (Lipinski definition) is 2. The zero-order valence-electron chi connectivity index (χ0n) is 15.8. The summed E-state index contributed by atoms with van der Waals surface area (Å²) in [6, 6.07) is 8.59. The summed E-state index contributed by atoms with van der Waals surface area (Å²) in [6.45, 7) is 1.12. The summed E-state index contributed by atoms with van der Waals surface area (Å²) in [7, 11) is 1.51. The van der Waals surface area contributed by atoms with Crippen LogP contribution >= 0.6 is 0 Å². The third-order valence-corrected chi connectivity index (χ3v) is 4.80. The van der Waals surface area contributed by atoms with Crippen LogP contribution < -0.4 is 15.4 Å². The number of halogens is 2. The third-order valence-electron chi connectivity index (χ3n) is 4.80. The molecule has 2 aromatic carbocycles. The third kappa shape index (κ3) is 3.75. The minimum absolute atomic E-state index is 0.250. The highest BCUT2D eigenvalue weighted by molar-refractivity contribution is 6.10. The van der Waals surface area contributed by atoms with Gasteiger partial charge < -0.3 is 15.4 Å². The summed E-state index contributed by atoms with van der Waals surface area (Å²) < 4.78 is 31.8. The normalized spacial score (nSPS) is 18.6. The zero-order valence-corrected chi connectivity index (χ0v) is 15.8. The number of urea groups is 1. The molecule has 0 radical (unpaired) electrons. The van der Waals surface area contributed by atoms with E-state index in [9.17, 15) is 23.2 Å². The highest BCUT2D eigenvalue weighted by Crippen LogP contribution is 2.33. The Balaban J connectivity index is 1.79. The Morgan fingerprint density at radius 2 is 1.86 bits per heavy atom. The Labute approximate surface area is 165 Å². The molecule has 0 saturated carbocycles. The number of methoxy groups -OCH3 is 1. The van der Waals surface area contributed by atoms with Gasteiger partial charge in [-0.3, -0.25) is 14.5 Å². The number of anilines is 1. The van der Waals surface area contributed by atoms with Gasteiger partial charge in [-0.1, -0.05) is 19.1 Å². The molecule has 0 spiro atoms. The van der Waals surface area contributed by atoms with Gasteiger partial charge in [-0.2, -0.15) is 0 Å². The lowest BCUT2D eigenvalue weighted by Gasteiger charge is -2.26. The monoisotopic (exact) mass is 403 g/mol. The summed E-state index contributed by atoms with van der Waals surface area (Å²) in [5, 5.41) is 4.89. The smallest absolute Gasteiger partial charge is 0.325 e. The Morgan fingerprint density at radius 3 is 2.45 bits per heavy atom. The van der Waals surface area contributed by atoms with E-state index in [2.05, 4.69) is 10.6 Å². The van der Waals surface area contributed by atoms with E-state index in [1.807, 2.05) is 0 Å². The summed E-state index contributed by atoms with van der Waals surface area (Å²) in [5.41, 5.74) is -1.02. The van der Waals surface area contributed by atoms with Crippen molar-refractivity contribution in [3.63, 3.8) is 0 Å². The Kier molecular flexibility index (Phi) is 5.49. The average Bonchev–Trinajstić information content (AvgIpc) is 2.95. The van der Waals surface area contributed by atoms with E-state index in [4.69, 9.17) is 4.74 Å². The molecule has 1 saturated heterocycles. The van der Waals surface area contributed by atoms with E-state index in [1.165, 1.54) is 7.11 Å². The largest absolute Gasteiger partial charge is 0.497 e. The summed E-state index contributed by atoms with van der Waals surface area (Å²) in [6.07, 6.45) is 0.259. The Bertz CT molecular complexity index is 965. The minimum atomic E-state index is -1.31. The number of benzene rings is 2. The number of nitrogens with one attached hydrogen (secondary N) is 2. The van der Waals surface area contributed by atoms with E-state index >= 15 is 0 Å². The van der Waals surface area contributed by atoms with E-state index in [-0.39, 0.29) is 12.1 Å². The van der Waals surface area contributed by atoms with Crippen molar-refractivity contribution in [1.29, 1.82) is 0 Å². The first-order valence-corrected chi connectivity index (χ1v) is 8.84. The standard InChI is InChI=1S/C20H19F2N3O4/c1-3-20(12-4-7-14(29-2)8-5-12)18(27)25(19(28)24-20)11-17(26)23-16-9-6-13(21)10-15(16)22/h4-10H,3,11H2,1-2H3,(H,23,26)(H,24,28)/t20-/m1/s1. The lowest BCUT2D eigenvalue weighted by molar-refractivity contribution is -0.134. The van der Waals surface area contributed by atoms with E-state index in [0.29, 0.717) is 17.4 Å². The number of ether oxygens (including phenoxy) is 1. The molecule has 1 aliphatic rings. The van der Waals surface area contributed by atoms with Gasteiger partial charge in [0.15, 0.2) is 0 Å². The second-order valence-electron chi connectivity index (χ2n) is 6.48. The molecule has 1 fully saturated rings. The highest BCUT2D eigenvalue weighted by Gasteiger charge is 2.51. The molecule has 2 aromatic rings. The fraction of sp³-hybridized carbons (Fsp3) is 0.250. The van der Waals surface area contributed by atoms with Gasteiger partial charge in [0.1, 0.15) is 29.5 Å². The zero-order chi connectivity index (χ0) is 21.2. The maximum atomic E-state index is 13.7. The molecule has 7 nitrogen and oxygen atoms in total. The van der Waals surface area contributed by atoms with Crippen molar-refractivity contribution >= 4 is 23.5 Å². The summed E-state index contributed by atoms with van der Waals surface area (Å²) in [5.74, 6) is -2.54. The fourth-order valence-corrected chi connectivity index (χ4v) is 3.21. The number of rotatable bonds is 6. The molecular formula is C20H19F2N3O4. The maximum absolute atomic E-state index is 13.7.